The molecule has 0 atom stereocenters. The molecule has 1 aliphatic heterocycles. The van der Waals surface area contributed by atoms with Gasteiger partial charge in [-0.1, -0.05) is 0 Å². The number of aromatic amines is 1. The summed E-state index contributed by atoms with van der Waals surface area (Å²) in [6.45, 7) is 2.96. The number of aromatic nitrogens is 3. The van der Waals surface area contributed by atoms with Crippen molar-refractivity contribution >= 4 is 33.6 Å². The Hall–Kier alpha value is -4.45. The number of hydrogen-bond donors (Lipinski definition) is 3. The lowest BCUT2D eigenvalue weighted by Crippen LogP contribution is -2.17. The lowest BCUT2D eigenvalue weighted by molar-refractivity contribution is -0.384. The van der Waals surface area contributed by atoms with E-state index < -0.39 is 10.9 Å². The van der Waals surface area contributed by atoms with E-state index in [9.17, 15) is 14.9 Å². The molecule has 4 aromatic rings. The van der Waals surface area contributed by atoms with Crippen LogP contribution in [0.4, 0.5) is 5.69 Å². The molecule has 0 spiro atoms. The van der Waals surface area contributed by atoms with Crippen LogP contribution in [0.5, 0.6) is 11.5 Å². The molecular formula is C23H23N5O7. The lowest BCUT2D eigenvalue weighted by atomic mass is 10.1. The summed E-state index contributed by atoms with van der Waals surface area (Å²) in [6.07, 6.45) is 2.48. The van der Waals surface area contributed by atoms with E-state index in [-0.39, 0.29) is 16.9 Å². The van der Waals surface area contributed by atoms with Crippen LogP contribution in [0.1, 0.15) is 13.3 Å². The van der Waals surface area contributed by atoms with Crippen molar-refractivity contribution in [2.45, 2.75) is 19.9 Å². The van der Waals surface area contributed by atoms with Crippen LogP contribution in [0.15, 0.2) is 41.3 Å². The van der Waals surface area contributed by atoms with Crippen LogP contribution in [0.3, 0.4) is 0 Å². The van der Waals surface area contributed by atoms with Gasteiger partial charge in [0, 0.05) is 42.7 Å². The van der Waals surface area contributed by atoms with Gasteiger partial charge < -0.3 is 29.9 Å². The minimum atomic E-state index is -0.833. The average molecular weight is 481 g/mol. The number of benzene rings is 2. The zero-order valence-electron chi connectivity index (χ0n) is 18.8. The number of nitro benzene ring substituents is 1. The quantitative estimate of drug-likeness (QED) is 0.286. The van der Waals surface area contributed by atoms with Crippen LogP contribution in [-0.4, -0.2) is 50.3 Å². The largest absolute Gasteiger partial charge is 0.486 e. The Labute approximate surface area is 198 Å². The fourth-order valence-corrected chi connectivity index (χ4v) is 3.87. The zero-order valence-corrected chi connectivity index (χ0v) is 18.8. The number of nitrogens with one attached hydrogen (secondary N) is 1. The number of hydrogen-bond acceptors (Lipinski definition) is 8. The minimum Gasteiger partial charge on any atom is -0.486 e. The van der Waals surface area contributed by atoms with Gasteiger partial charge in [0.1, 0.15) is 24.4 Å². The first-order chi connectivity index (χ1) is 16.8. The Morgan fingerprint density at radius 3 is 2.74 bits per heavy atom. The number of carboxylic acids is 1. The maximum absolute atomic E-state index is 12.9. The van der Waals surface area contributed by atoms with Gasteiger partial charge in [0.2, 0.25) is 0 Å². The molecule has 3 heterocycles. The van der Waals surface area contributed by atoms with Crippen molar-refractivity contribution in [1.82, 2.24) is 14.5 Å². The molecule has 0 aliphatic carbocycles. The summed E-state index contributed by atoms with van der Waals surface area (Å²) in [7, 11) is 0. The van der Waals surface area contributed by atoms with E-state index in [1.165, 1.54) is 12.1 Å². The summed E-state index contributed by atoms with van der Waals surface area (Å²) < 4.78 is 13.2. The van der Waals surface area contributed by atoms with E-state index >= 15 is 0 Å². The number of aryl methyl sites for hydroxylation is 1. The Morgan fingerprint density at radius 2 is 2.03 bits per heavy atom. The number of H-pyrrole nitrogens is 1. The molecule has 2 aromatic carbocycles. The number of carbonyl (C=O) groups is 1. The van der Waals surface area contributed by atoms with Crippen LogP contribution in [0.25, 0.3) is 33.2 Å². The highest BCUT2D eigenvalue weighted by atomic mass is 16.6. The number of ether oxygens (including phenoxy) is 2. The van der Waals surface area contributed by atoms with Gasteiger partial charge in [0.25, 0.3) is 17.2 Å². The van der Waals surface area contributed by atoms with Gasteiger partial charge >= 0.3 is 0 Å². The van der Waals surface area contributed by atoms with Crippen LogP contribution in [0, 0.1) is 10.1 Å². The highest BCUT2D eigenvalue weighted by molar-refractivity contribution is 5.97. The molecule has 0 radical (unpaired) electrons. The molecule has 0 unspecified atom stereocenters. The SMILES string of the molecule is CC(=O)O.NCCCn1cc(-c2nc3c4c(ccc3[nH]c2=O)OCCO4)c2ccc([N+](=O)[O-])cc21. The van der Waals surface area contributed by atoms with Crippen molar-refractivity contribution in [3.05, 3.63) is 57.0 Å². The van der Waals surface area contributed by atoms with Crippen molar-refractivity contribution in [1.29, 1.82) is 0 Å². The van der Waals surface area contributed by atoms with E-state index in [0.717, 1.165) is 6.92 Å². The topological polar surface area (TPSA) is 176 Å². The van der Waals surface area contributed by atoms with E-state index in [4.69, 9.17) is 25.1 Å². The van der Waals surface area contributed by atoms with Crippen LogP contribution in [-0.2, 0) is 11.3 Å². The van der Waals surface area contributed by atoms with E-state index in [0.29, 0.717) is 71.7 Å². The normalized spacial score (nSPS) is 12.3. The van der Waals surface area contributed by atoms with Gasteiger partial charge in [-0.05, 0) is 31.2 Å². The number of fused-ring (bicyclic) bond motifs is 4. The van der Waals surface area contributed by atoms with E-state index in [1.807, 2.05) is 4.57 Å². The summed E-state index contributed by atoms with van der Waals surface area (Å²) in [5.41, 5.74) is 7.75. The second kappa shape index (κ2) is 9.81. The molecule has 5 rings (SSSR count). The van der Waals surface area contributed by atoms with Crippen molar-refractivity contribution in [2.24, 2.45) is 5.73 Å². The first kappa shape index (κ1) is 23.7. The van der Waals surface area contributed by atoms with E-state index in [1.54, 1.807) is 24.4 Å². The van der Waals surface area contributed by atoms with Crippen molar-refractivity contribution in [2.75, 3.05) is 19.8 Å². The smallest absolute Gasteiger partial charge is 0.300 e. The minimum absolute atomic E-state index is 0.0221. The molecule has 2 aromatic heterocycles. The van der Waals surface area contributed by atoms with Crippen LogP contribution < -0.4 is 20.8 Å². The molecule has 35 heavy (non-hydrogen) atoms. The van der Waals surface area contributed by atoms with Crippen LogP contribution in [0.2, 0.25) is 0 Å². The average Bonchev–Trinajstić information content (AvgIpc) is 3.19. The molecule has 12 heteroatoms. The highest BCUT2D eigenvalue weighted by Gasteiger charge is 2.21. The summed E-state index contributed by atoms with van der Waals surface area (Å²) in [5.74, 6) is 0.231. The summed E-state index contributed by atoms with van der Waals surface area (Å²) >= 11 is 0. The zero-order chi connectivity index (χ0) is 25.1. The van der Waals surface area contributed by atoms with Crippen LogP contribution >= 0.6 is 0 Å². The maximum Gasteiger partial charge on any atom is 0.300 e. The fraction of sp³-hybridized carbons (Fsp3) is 0.261. The molecule has 0 saturated carbocycles. The third kappa shape index (κ3) is 4.77. The molecule has 0 amide bonds. The van der Waals surface area contributed by atoms with E-state index in [2.05, 4.69) is 9.97 Å². The van der Waals surface area contributed by atoms with Gasteiger partial charge in [0.15, 0.2) is 11.5 Å². The molecule has 0 fully saturated rings. The third-order valence-electron chi connectivity index (χ3n) is 5.30. The second-order valence-corrected chi connectivity index (χ2v) is 7.76. The first-order valence-corrected chi connectivity index (χ1v) is 10.8. The lowest BCUT2D eigenvalue weighted by Gasteiger charge is -2.19. The van der Waals surface area contributed by atoms with Gasteiger partial charge in [0.05, 0.1) is 16.0 Å². The predicted molar refractivity (Wildman–Crippen MR) is 128 cm³/mol. The van der Waals surface area contributed by atoms with Gasteiger partial charge in [-0.15, -0.1) is 0 Å². The van der Waals surface area contributed by atoms with Crippen molar-refractivity contribution in [3.8, 4) is 22.8 Å². The predicted octanol–water partition coefficient (Wildman–Crippen LogP) is 2.66. The number of nitrogens with zero attached hydrogens (tertiary/aromatic N) is 3. The number of nitrogens with two attached hydrogens (primary N) is 1. The Kier molecular flexibility index (Phi) is 6.64. The second-order valence-electron chi connectivity index (χ2n) is 7.76. The van der Waals surface area contributed by atoms with Gasteiger partial charge in [-0.25, -0.2) is 4.98 Å². The van der Waals surface area contributed by atoms with Crippen molar-refractivity contribution in [3.63, 3.8) is 0 Å². The Balaban J connectivity index is 0.000000672. The Bertz CT molecular complexity index is 1490. The maximum atomic E-state index is 12.9. The third-order valence-corrected chi connectivity index (χ3v) is 5.30. The Morgan fingerprint density at radius 1 is 1.29 bits per heavy atom. The van der Waals surface area contributed by atoms with Gasteiger partial charge in [-0.2, -0.15) is 0 Å². The summed E-state index contributed by atoms with van der Waals surface area (Å²) in [6, 6.07) is 8.05. The molecule has 12 nitrogen and oxygen atoms in total. The number of aliphatic carboxylic acids is 1. The summed E-state index contributed by atoms with van der Waals surface area (Å²) in [4.78, 5) is 40.2. The molecule has 182 valence electrons. The standard InChI is InChI=1S/C21H19N5O5.C2H4O2/c22-6-1-7-25-11-14(13-3-2-12(26(28)29)10-16(13)25)18-21(27)23-15-4-5-17-20(19(15)24-18)31-9-8-30-17;1-2(3)4/h2-5,10-11H,1,6-9,22H2,(H,23,27);1H3,(H,3,4). The van der Waals surface area contributed by atoms with Crippen molar-refractivity contribution < 1.29 is 24.3 Å². The molecule has 4 N–H and O–H groups in total. The number of carboxylic acid groups (broad SMARTS) is 1. The number of rotatable bonds is 5. The number of nitro groups is 1. The first-order valence-electron chi connectivity index (χ1n) is 10.8. The van der Waals surface area contributed by atoms with Gasteiger partial charge in [-0.3, -0.25) is 19.7 Å². The number of non-ortho nitro benzene ring substituents is 1. The summed E-state index contributed by atoms with van der Waals surface area (Å²) in [5, 5.41) is 19.4. The monoisotopic (exact) mass is 481 g/mol. The molecular weight excluding hydrogens is 458 g/mol. The molecule has 0 bridgehead atoms. The molecule has 1 aliphatic rings. The highest BCUT2D eigenvalue weighted by Crippen LogP contribution is 2.37. The molecule has 0 saturated heterocycles. The fourth-order valence-electron chi connectivity index (χ4n) is 3.87.